The number of rotatable bonds is 5. The minimum absolute atomic E-state index is 0.0649. The first kappa shape index (κ1) is 14.0. The third kappa shape index (κ3) is 3.23. The number of carbonyl (C=O) groups is 2. The van der Waals surface area contributed by atoms with Crippen molar-refractivity contribution in [1.82, 2.24) is 4.90 Å². The third-order valence-corrected chi connectivity index (χ3v) is 2.80. The summed E-state index contributed by atoms with van der Waals surface area (Å²) in [6.07, 6.45) is -0.0859. The number of hydrogen-bond acceptors (Lipinski definition) is 3. The zero-order valence-corrected chi connectivity index (χ0v) is 10.5. The van der Waals surface area contributed by atoms with Crippen LogP contribution in [0.4, 0.5) is 0 Å². The van der Waals surface area contributed by atoms with E-state index in [-0.39, 0.29) is 24.6 Å². The van der Waals surface area contributed by atoms with Crippen LogP contribution in [0.1, 0.15) is 29.3 Å². The number of aromatic hydroxyl groups is 1. The van der Waals surface area contributed by atoms with E-state index in [1.165, 1.54) is 11.0 Å². The van der Waals surface area contributed by atoms with E-state index < -0.39 is 5.97 Å². The second-order valence-corrected chi connectivity index (χ2v) is 3.98. The lowest BCUT2D eigenvalue weighted by atomic mass is 10.1. The number of aliphatic carboxylic acids is 1. The molecule has 1 aromatic carbocycles. The smallest absolute Gasteiger partial charge is 0.305 e. The molecule has 0 radical (unpaired) electrons. The maximum Gasteiger partial charge on any atom is 0.305 e. The molecule has 1 aromatic rings. The zero-order chi connectivity index (χ0) is 13.7. The summed E-state index contributed by atoms with van der Waals surface area (Å²) in [7, 11) is 0. The summed E-state index contributed by atoms with van der Waals surface area (Å²) in [6.45, 7) is 4.05. The maximum atomic E-state index is 12.2. The number of phenols is 1. The number of benzene rings is 1. The number of carbonyl (C=O) groups excluding carboxylic acids is 1. The molecule has 0 bridgehead atoms. The summed E-state index contributed by atoms with van der Waals surface area (Å²) in [5.41, 5.74) is 0.915. The lowest BCUT2D eigenvalue weighted by Crippen LogP contribution is -2.33. The average Bonchev–Trinajstić information content (AvgIpc) is 2.32. The van der Waals surface area contributed by atoms with Gasteiger partial charge in [-0.15, -0.1) is 0 Å². The number of amides is 1. The molecule has 0 aliphatic rings. The number of phenolic OH excluding ortho intramolecular Hbond substituents is 1. The molecule has 0 heterocycles. The molecule has 0 aromatic heterocycles. The Kier molecular flexibility index (Phi) is 4.71. The largest absolute Gasteiger partial charge is 0.508 e. The van der Waals surface area contributed by atoms with Crippen LogP contribution in [-0.2, 0) is 4.79 Å². The van der Waals surface area contributed by atoms with Crippen molar-refractivity contribution in [3.05, 3.63) is 29.3 Å². The molecule has 0 saturated heterocycles. The van der Waals surface area contributed by atoms with Gasteiger partial charge in [0.2, 0.25) is 0 Å². The van der Waals surface area contributed by atoms with Crippen LogP contribution >= 0.6 is 0 Å². The highest BCUT2D eigenvalue weighted by Crippen LogP contribution is 2.20. The van der Waals surface area contributed by atoms with Gasteiger partial charge in [0.15, 0.2) is 0 Å². The zero-order valence-electron chi connectivity index (χ0n) is 10.5. The van der Waals surface area contributed by atoms with Crippen molar-refractivity contribution < 1.29 is 19.8 Å². The van der Waals surface area contributed by atoms with E-state index >= 15 is 0 Å². The van der Waals surface area contributed by atoms with Crippen LogP contribution < -0.4 is 0 Å². The van der Waals surface area contributed by atoms with E-state index in [4.69, 9.17) is 5.11 Å². The molecular weight excluding hydrogens is 234 g/mol. The van der Waals surface area contributed by atoms with Gasteiger partial charge in [0, 0.05) is 24.2 Å². The van der Waals surface area contributed by atoms with Gasteiger partial charge in [0.1, 0.15) is 5.75 Å². The summed E-state index contributed by atoms with van der Waals surface area (Å²) in [6, 6.07) is 4.74. The molecule has 18 heavy (non-hydrogen) atoms. The van der Waals surface area contributed by atoms with Gasteiger partial charge in [-0.3, -0.25) is 9.59 Å². The summed E-state index contributed by atoms with van der Waals surface area (Å²) in [4.78, 5) is 24.2. The average molecular weight is 251 g/mol. The molecular formula is C13H17NO4. The molecule has 98 valence electrons. The lowest BCUT2D eigenvalue weighted by molar-refractivity contribution is -0.137. The van der Waals surface area contributed by atoms with Gasteiger partial charge >= 0.3 is 5.97 Å². The molecule has 5 nitrogen and oxygen atoms in total. The second-order valence-electron chi connectivity index (χ2n) is 3.98. The van der Waals surface area contributed by atoms with Crippen molar-refractivity contribution in [2.75, 3.05) is 13.1 Å². The Morgan fingerprint density at radius 3 is 2.56 bits per heavy atom. The number of carboxylic acids is 1. The fourth-order valence-corrected chi connectivity index (χ4v) is 1.66. The standard InChI is InChI=1S/C13H17NO4/c1-3-14(8-7-12(16)17)13(18)10-5-4-6-11(15)9(10)2/h4-6,15H,3,7-8H2,1-2H3,(H,16,17). The Morgan fingerprint density at radius 1 is 1.33 bits per heavy atom. The highest BCUT2D eigenvalue weighted by Gasteiger charge is 2.18. The van der Waals surface area contributed by atoms with Gasteiger partial charge < -0.3 is 15.1 Å². The Bertz CT molecular complexity index is 456. The fourth-order valence-electron chi connectivity index (χ4n) is 1.66. The van der Waals surface area contributed by atoms with Crippen LogP contribution in [0.5, 0.6) is 5.75 Å². The van der Waals surface area contributed by atoms with Gasteiger partial charge in [-0.2, -0.15) is 0 Å². The molecule has 0 aliphatic carbocycles. The van der Waals surface area contributed by atoms with Crippen LogP contribution in [0, 0.1) is 6.92 Å². The Labute approximate surface area is 106 Å². The van der Waals surface area contributed by atoms with Crippen LogP contribution in [0.15, 0.2) is 18.2 Å². The van der Waals surface area contributed by atoms with Crippen LogP contribution in [0.2, 0.25) is 0 Å². The topological polar surface area (TPSA) is 77.8 Å². The Balaban J connectivity index is 2.89. The van der Waals surface area contributed by atoms with Gasteiger partial charge in [-0.05, 0) is 26.0 Å². The molecule has 0 fully saturated rings. The van der Waals surface area contributed by atoms with Crippen molar-refractivity contribution in [3.63, 3.8) is 0 Å². The van der Waals surface area contributed by atoms with Crippen molar-refractivity contribution in [1.29, 1.82) is 0 Å². The summed E-state index contributed by atoms with van der Waals surface area (Å²) < 4.78 is 0. The van der Waals surface area contributed by atoms with Crippen molar-refractivity contribution in [2.24, 2.45) is 0 Å². The number of hydrogen-bond donors (Lipinski definition) is 2. The quantitative estimate of drug-likeness (QED) is 0.833. The summed E-state index contributed by atoms with van der Waals surface area (Å²) >= 11 is 0. The molecule has 0 aliphatic heterocycles. The molecule has 5 heteroatoms. The maximum absolute atomic E-state index is 12.2. The molecule has 2 N–H and O–H groups in total. The van der Waals surface area contributed by atoms with Gasteiger partial charge in [-0.25, -0.2) is 0 Å². The van der Waals surface area contributed by atoms with Crippen molar-refractivity contribution >= 4 is 11.9 Å². The molecule has 0 spiro atoms. The lowest BCUT2D eigenvalue weighted by Gasteiger charge is -2.21. The SMILES string of the molecule is CCN(CCC(=O)O)C(=O)c1cccc(O)c1C. The van der Waals surface area contributed by atoms with Crippen molar-refractivity contribution in [2.45, 2.75) is 20.3 Å². The van der Waals surface area contributed by atoms with Gasteiger partial charge in [-0.1, -0.05) is 6.07 Å². The minimum Gasteiger partial charge on any atom is -0.508 e. The molecule has 1 rings (SSSR count). The van der Waals surface area contributed by atoms with E-state index in [1.807, 2.05) is 0 Å². The molecule has 0 unspecified atom stereocenters. The predicted molar refractivity (Wildman–Crippen MR) is 66.7 cm³/mol. The minimum atomic E-state index is -0.936. The highest BCUT2D eigenvalue weighted by molar-refractivity contribution is 5.96. The Hall–Kier alpha value is -2.04. The van der Waals surface area contributed by atoms with E-state index in [0.717, 1.165) is 0 Å². The highest BCUT2D eigenvalue weighted by atomic mass is 16.4. The normalized spacial score (nSPS) is 10.1. The molecule has 1 amide bonds. The van der Waals surface area contributed by atoms with E-state index in [0.29, 0.717) is 17.7 Å². The fraction of sp³-hybridized carbons (Fsp3) is 0.385. The first-order valence-corrected chi connectivity index (χ1v) is 5.77. The monoisotopic (exact) mass is 251 g/mol. The third-order valence-electron chi connectivity index (χ3n) is 2.80. The van der Waals surface area contributed by atoms with Gasteiger partial charge in [0.25, 0.3) is 5.91 Å². The first-order chi connectivity index (χ1) is 8.47. The van der Waals surface area contributed by atoms with Crippen LogP contribution in [0.25, 0.3) is 0 Å². The number of carboxylic acid groups (broad SMARTS) is 1. The van der Waals surface area contributed by atoms with Crippen molar-refractivity contribution in [3.8, 4) is 5.75 Å². The molecule has 0 saturated carbocycles. The van der Waals surface area contributed by atoms with Crippen LogP contribution in [-0.4, -0.2) is 40.1 Å². The van der Waals surface area contributed by atoms with E-state index in [2.05, 4.69) is 0 Å². The molecule has 0 atom stereocenters. The number of nitrogens with zero attached hydrogens (tertiary/aromatic N) is 1. The van der Waals surface area contributed by atoms with E-state index in [9.17, 15) is 14.7 Å². The van der Waals surface area contributed by atoms with E-state index in [1.54, 1.807) is 26.0 Å². The first-order valence-electron chi connectivity index (χ1n) is 5.77. The Morgan fingerprint density at radius 2 is 2.00 bits per heavy atom. The van der Waals surface area contributed by atoms with Crippen LogP contribution in [0.3, 0.4) is 0 Å². The predicted octanol–water partition coefficient (Wildman–Crippen LogP) is 1.64. The second kappa shape index (κ2) is 6.05. The van der Waals surface area contributed by atoms with Gasteiger partial charge in [0.05, 0.1) is 6.42 Å². The summed E-state index contributed by atoms with van der Waals surface area (Å²) in [5, 5.41) is 18.2. The summed E-state index contributed by atoms with van der Waals surface area (Å²) in [5.74, 6) is -1.13.